The van der Waals surface area contributed by atoms with Crippen LogP contribution in [-0.2, 0) is 14.1 Å². The summed E-state index contributed by atoms with van der Waals surface area (Å²) in [6.45, 7) is 10.6. The van der Waals surface area contributed by atoms with Gasteiger partial charge in [-0.1, -0.05) is 18.7 Å². The molecule has 0 saturated carbocycles. The van der Waals surface area contributed by atoms with Crippen LogP contribution >= 0.6 is 18.7 Å². The Bertz CT molecular complexity index is 1220. The number of methoxy groups -OCH3 is 1. The number of rotatable bonds is 13. The van der Waals surface area contributed by atoms with Crippen LogP contribution in [0, 0.1) is 6.92 Å². The number of para-hydroxylation sites is 1. The Morgan fingerprint density at radius 1 is 1.23 bits per heavy atom. The molecule has 1 heterocycles. The maximum Gasteiger partial charge on any atom is 0.247 e. The van der Waals surface area contributed by atoms with Crippen molar-refractivity contribution in [2.24, 2.45) is 0 Å². The molecule has 1 aliphatic heterocycles. The average molecular weight is 593 g/mol. The summed E-state index contributed by atoms with van der Waals surface area (Å²) >= 11 is 6.66. The van der Waals surface area contributed by atoms with Gasteiger partial charge in [0.25, 0.3) is 0 Å². The number of hydrogen-bond acceptors (Lipinski definition) is 9. The predicted molar refractivity (Wildman–Crippen MR) is 166 cm³/mol. The molecule has 4 atom stereocenters. The predicted octanol–water partition coefficient (Wildman–Crippen LogP) is 3.26. The molecular formula is C28H42ClN6O4P. The van der Waals surface area contributed by atoms with Crippen molar-refractivity contribution in [2.45, 2.75) is 30.9 Å². The molecule has 2 aromatic rings. The maximum absolute atomic E-state index is 12.8. The number of amides is 1. The Balaban J connectivity index is 1.82. The van der Waals surface area contributed by atoms with E-state index in [1.54, 1.807) is 20.4 Å². The van der Waals surface area contributed by atoms with E-state index < -0.39 is 7.14 Å². The van der Waals surface area contributed by atoms with Crippen molar-refractivity contribution >= 4 is 47.0 Å². The van der Waals surface area contributed by atoms with Crippen LogP contribution in [-0.4, -0.2) is 89.0 Å². The highest BCUT2D eigenvalue weighted by atomic mass is 35.5. The smallest absolute Gasteiger partial charge is 0.247 e. The molecule has 0 spiro atoms. The summed E-state index contributed by atoms with van der Waals surface area (Å²) in [5.74, 6) is 0.189. The number of carbonyl (C=O) groups is 1. The largest absolute Gasteiger partial charge is 0.484 e. The quantitative estimate of drug-likeness (QED) is 0.136. The number of anilines is 3. The first-order chi connectivity index (χ1) is 18.9. The van der Waals surface area contributed by atoms with Gasteiger partial charge in [0, 0.05) is 36.9 Å². The SMILES string of the molecule is C=CC(=O)Nc1cc(NC2NCC(Cl)C(Nc3ccccc3P(C)(C)=O)N2)c(C)cc1OC(COC)CN(C)C. The normalized spacial score (nSPS) is 20.1. The molecule has 0 bridgehead atoms. The van der Waals surface area contributed by atoms with Crippen molar-refractivity contribution in [1.82, 2.24) is 15.5 Å². The number of aryl methyl sites for hydroxylation is 1. The summed E-state index contributed by atoms with van der Waals surface area (Å²) in [6.07, 6.45) is 0.319. The Labute approximate surface area is 242 Å². The number of hydrogen-bond donors (Lipinski definition) is 5. The van der Waals surface area contributed by atoms with Crippen molar-refractivity contribution in [3.8, 4) is 5.75 Å². The van der Waals surface area contributed by atoms with Crippen LogP contribution in [0.4, 0.5) is 17.1 Å². The summed E-state index contributed by atoms with van der Waals surface area (Å²) in [5.41, 5.74) is 2.99. The molecular weight excluding hydrogens is 551 g/mol. The second kappa shape index (κ2) is 14.3. The van der Waals surface area contributed by atoms with Crippen molar-refractivity contribution in [2.75, 3.05) is 70.2 Å². The third-order valence-electron chi connectivity index (χ3n) is 6.30. The number of nitrogens with zero attached hydrogens (tertiary/aromatic N) is 1. The van der Waals surface area contributed by atoms with Crippen LogP contribution in [0.1, 0.15) is 5.56 Å². The number of alkyl halides is 1. The lowest BCUT2D eigenvalue weighted by Crippen LogP contribution is -2.64. The molecule has 220 valence electrons. The molecule has 0 aromatic heterocycles. The summed E-state index contributed by atoms with van der Waals surface area (Å²) < 4.78 is 24.5. The number of benzene rings is 2. The summed E-state index contributed by atoms with van der Waals surface area (Å²) in [7, 11) is 3.06. The monoisotopic (exact) mass is 592 g/mol. The molecule has 4 unspecified atom stereocenters. The highest BCUT2D eigenvalue weighted by molar-refractivity contribution is 7.70. The standard InChI is InChI=1S/C28H42ClN6O4P/c1-8-26(36)31-23-14-22(18(2)13-24(23)39-19(17-38-5)16-35(3)4)33-28-30-15-20(29)27(34-28)32-21-11-9-10-12-25(21)40(6,7)37/h8-14,19-20,27-28,30,32-34H,1,15-17H2,2-7H3,(H,31,36). The molecule has 1 fully saturated rings. The van der Waals surface area contributed by atoms with Crippen LogP contribution in [0.2, 0.25) is 0 Å². The fraction of sp³-hybridized carbons (Fsp3) is 0.464. The van der Waals surface area contributed by atoms with Gasteiger partial charge < -0.3 is 34.9 Å². The fourth-order valence-corrected chi connectivity index (χ4v) is 5.81. The van der Waals surface area contributed by atoms with E-state index in [1.807, 2.05) is 62.3 Å². The lowest BCUT2D eigenvalue weighted by Gasteiger charge is -2.38. The highest BCUT2D eigenvalue weighted by Gasteiger charge is 2.30. The second-order valence-corrected chi connectivity index (χ2v) is 14.2. The molecule has 1 aliphatic rings. The van der Waals surface area contributed by atoms with E-state index >= 15 is 0 Å². The van der Waals surface area contributed by atoms with E-state index in [9.17, 15) is 9.36 Å². The van der Waals surface area contributed by atoms with Gasteiger partial charge in [0.2, 0.25) is 5.91 Å². The van der Waals surface area contributed by atoms with Gasteiger partial charge >= 0.3 is 0 Å². The molecule has 2 aromatic carbocycles. The molecule has 12 heteroatoms. The Morgan fingerprint density at radius 3 is 2.60 bits per heavy atom. The zero-order chi connectivity index (χ0) is 29.4. The molecule has 3 rings (SSSR count). The van der Waals surface area contributed by atoms with E-state index in [-0.39, 0.29) is 29.8 Å². The lowest BCUT2D eigenvalue weighted by atomic mass is 10.1. The van der Waals surface area contributed by atoms with Gasteiger partial charge in [-0.2, -0.15) is 0 Å². The van der Waals surface area contributed by atoms with Crippen molar-refractivity contribution in [1.29, 1.82) is 0 Å². The zero-order valence-corrected chi connectivity index (χ0v) is 25.7. The number of nitrogens with one attached hydrogen (secondary N) is 5. The molecule has 10 nitrogen and oxygen atoms in total. The minimum Gasteiger partial charge on any atom is -0.484 e. The van der Waals surface area contributed by atoms with E-state index in [2.05, 4.69) is 33.2 Å². The van der Waals surface area contributed by atoms with Gasteiger partial charge in [-0.3, -0.25) is 15.4 Å². The fourth-order valence-electron chi connectivity index (χ4n) is 4.42. The minimum absolute atomic E-state index is 0.240. The minimum atomic E-state index is -2.50. The van der Waals surface area contributed by atoms with Crippen LogP contribution < -0.4 is 36.6 Å². The van der Waals surface area contributed by atoms with Gasteiger partial charge in [-0.25, -0.2) is 0 Å². The first-order valence-electron chi connectivity index (χ1n) is 13.1. The van der Waals surface area contributed by atoms with E-state index in [4.69, 9.17) is 21.1 Å². The lowest BCUT2D eigenvalue weighted by molar-refractivity contribution is -0.111. The summed E-state index contributed by atoms with van der Waals surface area (Å²) in [4.78, 5) is 14.3. The first-order valence-corrected chi connectivity index (χ1v) is 16.1. The van der Waals surface area contributed by atoms with Gasteiger partial charge in [0.05, 0.1) is 23.8 Å². The van der Waals surface area contributed by atoms with Crippen molar-refractivity contribution in [3.05, 3.63) is 54.6 Å². The third kappa shape index (κ3) is 8.96. The molecule has 5 N–H and O–H groups in total. The molecule has 0 aliphatic carbocycles. The van der Waals surface area contributed by atoms with E-state index in [0.717, 1.165) is 22.2 Å². The van der Waals surface area contributed by atoms with Crippen LogP contribution in [0.25, 0.3) is 0 Å². The van der Waals surface area contributed by atoms with Crippen LogP contribution in [0.3, 0.4) is 0 Å². The Kier molecular flexibility index (Phi) is 11.5. The number of carbonyl (C=O) groups excluding carboxylic acids is 1. The molecule has 1 amide bonds. The highest BCUT2D eigenvalue weighted by Crippen LogP contribution is 2.38. The van der Waals surface area contributed by atoms with Gasteiger partial charge in [-0.15, -0.1) is 11.6 Å². The van der Waals surface area contributed by atoms with Crippen molar-refractivity contribution in [3.63, 3.8) is 0 Å². The van der Waals surface area contributed by atoms with Gasteiger partial charge in [-0.05, 0) is 70.3 Å². The average Bonchev–Trinajstić information content (AvgIpc) is 2.88. The molecule has 1 saturated heterocycles. The maximum atomic E-state index is 12.8. The van der Waals surface area contributed by atoms with Gasteiger partial charge in [0.1, 0.15) is 25.3 Å². The van der Waals surface area contributed by atoms with Crippen LogP contribution in [0.5, 0.6) is 5.75 Å². The zero-order valence-electron chi connectivity index (χ0n) is 24.1. The topological polar surface area (TPSA) is 116 Å². The van der Waals surface area contributed by atoms with Crippen molar-refractivity contribution < 1.29 is 18.8 Å². The third-order valence-corrected chi connectivity index (χ3v) is 8.26. The van der Waals surface area contributed by atoms with Crippen LogP contribution in [0.15, 0.2) is 49.1 Å². The Hall–Kier alpha value is -2.59. The number of ether oxygens (including phenoxy) is 2. The number of halogens is 1. The molecule has 40 heavy (non-hydrogen) atoms. The summed E-state index contributed by atoms with van der Waals surface area (Å²) in [5, 5.41) is 17.1. The Morgan fingerprint density at radius 2 is 1.95 bits per heavy atom. The first kappa shape index (κ1) is 31.9. The van der Waals surface area contributed by atoms with E-state index in [0.29, 0.717) is 31.1 Å². The second-order valence-electron chi connectivity index (χ2n) is 10.5. The van der Waals surface area contributed by atoms with Gasteiger partial charge in [0.15, 0.2) is 0 Å². The number of likely N-dealkylation sites (N-methyl/N-ethyl adjacent to an activating group) is 1. The molecule has 0 radical (unpaired) electrons. The summed E-state index contributed by atoms with van der Waals surface area (Å²) in [6, 6.07) is 11.3. The van der Waals surface area contributed by atoms with E-state index in [1.165, 1.54) is 6.08 Å².